The Bertz CT molecular complexity index is 950. The summed E-state index contributed by atoms with van der Waals surface area (Å²) in [6.07, 6.45) is 1.64. The van der Waals surface area contributed by atoms with Gasteiger partial charge in [0.15, 0.2) is 21.8 Å². The average molecular weight is 416 g/mol. The van der Waals surface area contributed by atoms with E-state index in [-0.39, 0.29) is 5.11 Å². The second kappa shape index (κ2) is 9.20. The summed E-state index contributed by atoms with van der Waals surface area (Å²) in [5, 5.41) is 3.35. The van der Waals surface area contributed by atoms with Crippen LogP contribution in [0.4, 0.5) is 5.82 Å². The third-order valence-electron chi connectivity index (χ3n) is 3.33. The Kier molecular flexibility index (Phi) is 6.45. The Morgan fingerprint density at radius 2 is 1.75 bits per heavy atom. The molecule has 3 aromatic rings. The third-order valence-corrected chi connectivity index (χ3v) is 4.25. The number of para-hydroxylation sites is 1. The van der Waals surface area contributed by atoms with Gasteiger partial charge in [0, 0.05) is 17.2 Å². The number of thiocarbonyl (C=S) groups is 1. The average Bonchev–Trinajstić information content (AvgIpc) is 2.70. The van der Waals surface area contributed by atoms with Crippen LogP contribution in [0, 0.1) is 0 Å². The molecule has 2 heterocycles. The van der Waals surface area contributed by atoms with Crippen LogP contribution in [0.25, 0.3) is 0 Å². The van der Waals surface area contributed by atoms with Gasteiger partial charge in [-0.2, -0.15) is 9.97 Å². The summed E-state index contributed by atoms with van der Waals surface area (Å²) < 4.78 is 16.3. The maximum atomic E-state index is 5.93. The first-order chi connectivity index (χ1) is 13.6. The maximum Gasteiger partial charge on any atom is 0.220 e. The Hall–Kier alpha value is -3.11. The molecule has 0 fully saturated rings. The number of nitrogens with one attached hydrogen (secondary N) is 1. The molecule has 0 unspecified atom stereocenters. The summed E-state index contributed by atoms with van der Waals surface area (Å²) in [6, 6.07) is 12.7. The predicted octanol–water partition coefficient (Wildman–Crippen LogP) is 3.49. The van der Waals surface area contributed by atoms with Gasteiger partial charge in [0.25, 0.3) is 0 Å². The molecule has 0 aliphatic carbocycles. The predicted molar refractivity (Wildman–Crippen MR) is 110 cm³/mol. The van der Waals surface area contributed by atoms with Crippen molar-refractivity contribution in [1.82, 2.24) is 15.0 Å². The van der Waals surface area contributed by atoms with E-state index in [9.17, 15) is 0 Å². The van der Waals surface area contributed by atoms with Crippen molar-refractivity contribution in [1.29, 1.82) is 0 Å². The molecule has 0 amide bonds. The molecule has 0 spiro atoms. The molecule has 3 N–H and O–H groups in total. The summed E-state index contributed by atoms with van der Waals surface area (Å²) in [4.78, 5) is 13.7. The lowest BCUT2D eigenvalue weighted by molar-refractivity contribution is 0.364. The first-order valence-electron chi connectivity index (χ1n) is 8.01. The Balaban J connectivity index is 1.91. The van der Waals surface area contributed by atoms with E-state index in [4.69, 9.17) is 32.2 Å². The quantitative estimate of drug-likeness (QED) is 0.440. The van der Waals surface area contributed by atoms with Crippen LogP contribution in [0.1, 0.15) is 0 Å². The maximum absolute atomic E-state index is 5.93. The van der Waals surface area contributed by atoms with Crippen LogP contribution in [0.3, 0.4) is 0 Å². The molecule has 8 nitrogen and oxygen atoms in total. The van der Waals surface area contributed by atoms with Crippen molar-refractivity contribution in [3.8, 4) is 23.3 Å². The first-order valence-corrected chi connectivity index (χ1v) is 9.24. The highest BCUT2D eigenvalue weighted by Gasteiger charge is 2.13. The van der Waals surface area contributed by atoms with Gasteiger partial charge in [-0.25, -0.2) is 4.98 Å². The number of benzene rings is 1. The topological polar surface area (TPSA) is 104 Å². The number of rotatable bonds is 7. The number of anilines is 1. The summed E-state index contributed by atoms with van der Waals surface area (Å²) in [6.45, 7) is 0. The number of pyridine rings is 1. The summed E-state index contributed by atoms with van der Waals surface area (Å²) >= 11 is 6.20. The van der Waals surface area contributed by atoms with Crippen LogP contribution < -0.4 is 25.3 Å². The SMILES string of the molecule is COc1cc(OC)nc(Sc2cnc(NC(N)=S)c(Oc3ccccc3)c2)n1. The zero-order valence-electron chi connectivity index (χ0n) is 15.1. The van der Waals surface area contributed by atoms with E-state index < -0.39 is 0 Å². The van der Waals surface area contributed by atoms with Crippen molar-refractivity contribution in [2.75, 3.05) is 19.5 Å². The summed E-state index contributed by atoms with van der Waals surface area (Å²) in [5.41, 5.74) is 5.58. The summed E-state index contributed by atoms with van der Waals surface area (Å²) in [5.74, 6) is 2.31. The Morgan fingerprint density at radius 1 is 1.07 bits per heavy atom. The fourth-order valence-electron chi connectivity index (χ4n) is 2.13. The van der Waals surface area contributed by atoms with E-state index in [1.54, 1.807) is 18.3 Å². The van der Waals surface area contributed by atoms with Gasteiger partial charge in [-0.15, -0.1) is 0 Å². The fourth-order valence-corrected chi connectivity index (χ4v) is 2.98. The molecule has 0 aliphatic rings. The van der Waals surface area contributed by atoms with Crippen LogP contribution in [-0.4, -0.2) is 34.3 Å². The van der Waals surface area contributed by atoms with E-state index in [1.807, 2.05) is 30.3 Å². The lowest BCUT2D eigenvalue weighted by atomic mass is 10.3. The van der Waals surface area contributed by atoms with Gasteiger partial charge >= 0.3 is 0 Å². The van der Waals surface area contributed by atoms with Gasteiger partial charge in [0.1, 0.15) is 5.75 Å². The first kappa shape index (κ1) is 19.6. The molecule has 0 bridgehead atoms. The number of ether oxygens (including phenoxy) is 3. The Labute approximate surface area is 171 Å². The highest BCUT2D eigenvalue weighted by Crippen LogP contribution is 2.34. The number of hydrogen-bond donors (Lipinski definition) is 2. The molecule has 0 saturated heterocycles. The van der Waals surface area contributed by atoms with Crippen molar-refractivity contribution in [2.45, 2.75) is 10.1 Å². The minimum absolute atomic E-state index is 0.0895. The molecule has 144 valence electrons. The largest absolute Gasteiger partial charge is 0.481 e. The van der Waals surface area contributed by atoms with Crippen molar-refractivity contribution in [3.63, 3.8) is 0 Å². The lowest BCUT2D eigenvalue weighted by Gasteiger charge is -2.13. The number of methoxy groups -OCH3 is 2. The molecule has 3 rings (SSSR count). The zero-order valence-corrected chi connectivity index (χ0v) is 16.7. The minimum atomic E-state index is 0.0895. The number of nitrogens with two attached hydrogens (primary N) is 1. The monoisotopic (exact) mass is 415 g/mol. The molecule has 0 radical (unpaired) electrons. The van der Waals surface area contributed by atoms with Crippen molar-refractivity contribution < 1.29 is 14.2 Å². The van der Waals surface area contributed by atoms with Gasteiger partial charge in [-0.1, -0.05) is 18.2 Å². The van der Waals surface area contributed by atoms with Crippen LogP contribution in [0.5, 0.6) is 23.3 Å². The van der Waals surface area contributed by atoms with Gasteiger partial charge in [0.05, 0.1) is 20.3 Å². The normalized spacial score (nSPS) is 10.2. The lowest BCUT2D eigenvalue weighted by Crippen LogP contribution is -2.20. The second-order valence-corrected chi connectivity index (χ2v) is 6.74. The van der Waals surface area contributed by atoms with Gasteiger partial charge in [0.2, 0.25) is 11.8 Å². The molecule has 0 saturated carbocycles. The molecular weight excluding hydrogens is 398 g/mol. The molecule has 0 aliphatic heterocycles. The summed E-state index contributed by atoms with van der Waals surface area (Å²) in [7, 11) is 3.06. The van der Waals surface area contributed by atoms with Gasteiger partial charge in [-0.05, 0) is 36.1 Å². The number of nitrogens with zero attached hydrogens (tertiary/aromatic N) is 3. The fraction of sp³-hybridized carbons (Fsp3) is 0.111. The molecule has 1 aromatic carbocycles. The number of aromatic nitrogens is 3. The molecule has 2 aromatic heterocycles. The van der Waals surface area contributed by atoms with Gasteiger partial charge in [-0.3, -0.25) is 0 Å². The van der Waals surface area contributed by atoms with Crippen LogP contribution >= 0.6 is 24.0 Å². The van der Waals surface area contributed by atoms with Crippen LogP contribution in [-0.2, 0) is 0 Å². The molecular formula is C18H17N5O3S2. The third kappa shape index (κ3) is 5.21. The van der Waals surface area contributed by atoms with E-state index in [1.165, 1.54) is 26.0 Å². The van der Waals surface area contributed by atoms with Crippen molar-refractivity contribution in [3.05, 3.63) is 48.7 Å². The van der Waals surface area contributed by atoms with Crippen LogP contribution in [0.2, 0.25) is 0 Å². The van der Waals surface area contributed by atoms with E-state index >= 15 is 0 Å². The van der Waals surface area contributed by atoms with Crippen LogP contribution in [0.15, 0.2) is 58.7 Å². The minimum Gasteiger partial charge on any atom is -0.481 e. The number of hydrogen-bond acceptors (Lipinski definition) is 8. The standard InChI is InChI=1S/C18H17N5O3S2/c1-24-14-9-15(25-2)22-18(21-14)28-12-8-13(16(20-10-12)23-17(19)27)26-11-6-4-3-5-7-11/h3-10H,1-2H3,(H3,19,20,23,27). The zero-order chi connectivity index (χ0) is 19.9. The van der Waals surface area contributed by atoms with E-state index in [2.05, 4.69) is 20.3 Å². The molecule has 10 heteroatoms. The highest BCUT2D eigenvalue weighted by molar-refractivity contribution is 7.99. The van der Waals surface area contributed by atoms with Crippen molar-refractivity contribution >= 4 is 34.9 Å². The molecule has 28 heavy (non-hydrogen) atoms. The smallest absolute Gasteiger partial charge is 0.220 e. The van der Waals surface area contributed by atoms with Crippen molar-refractivity contribution in [2.24, 2.45) is 5.73 Å². The van der Waals surface area contributed by atoms with E-state index in [0.717, 1.165) is 4.90 Å². The second-order valence-electron chi connectivity index (χ2n) is 5.26. The highest BCUT2D eigenvalue weighted by atomic mass is 32.2. The van der Waals surface area contributed by atoms with E-state index in [0.29, 0.717) is 34.2 Å². The van der Waals surface area contributed by atoms with Gasteiger partial charge < -0.3 is 25.3 Å². The Morgan fingerprint density at radius 3 is 2.36 bits per heavy atom. The molecule has 0 atom stereocenters.